The third kappa shape index (κ3) is 3.05. The van der Waals surface area contributed by atoms with Gasteiger partial charge in [0.25, 0.3) is 5.88 Å². The molecule has 0 saturated heterocycles. The number of methoxy groups -OCH3 is 2. The summed E-state index contributed by atoms with van der Waals surface area (Å²) in [6.45, 7) is 0.949. The first-order chi connectivity index (χ1) is 6.77. The quantitative estimate of drug-likeness (QED) is 0.705. The predicted molar refractivity (Wildman–Crippen MR) is 53.2 cm³/mol. The van der Waals surface area contributed by atoms with Gasteiger partial charge in [-0.25, -0.2) is 4.98 Å². The largest absolute Gasteiger partial charge is 0.485 e. The zero-order valence-electron chi connectivity index (χ0n) is 8.12. The topological polar surface area (TPSA) is 40.6 Å². The molecule has 0 aliphatic carbocycles. The van der Waals surface area contributed by atoms with Crippen LogP contribution in [0.5, 0.6) is 11.6 Å². The second kappa shape index (κ2) is 5.67. The van der Waals surface area contributed by atoms with E-state index in [4.69, 9.17) is 25.8 Å². The summed E-state index contributed by atoms with van der Waals surface area (Å²) >= 11 is 5.76. The van der Waals surface area contributed by atoms with Gasteiger partial charge in [0.05, 0.1) is 18.7 Å². The van der Waals surface area contributed by atoms with Crippen LogP contribution in [0.25, 0.3) is 0 Å². The molecule has 0 unspecified atom stereocenters. The van der Waals surface area contributed by atoms with E-state index in [0.29, 0.717) is 29.9 Å². The van der Waals surface area contributed by atoms with Crippen molar-refractivity contribution in [2.45, 2.75) is 0 Å². The molecule has 0 N–H and O–H groups in total. The van der Waals surface area contributed by atoms with Crippen LogP contribution in [-0.4, -0.2) is 32.4 Å². The summed E-state index contributed by atoms with van der Waals surface area (Å²) in [5, 5.41) is 0.512. The number of rotatable bonds is 5. The molecule has 4 nitrogen and oxygen atoms in total. The molecule has 0 fully saturated rings. The fourth-order valence-electron chi connectivity index (χ4n) is 0.900. The minimum Gasteiger partial charge on any atom is -0.485 e. The molecule has 14 heavy (non-hydrogen) atoms. The van der Waals surface area contributed by atoms with Crippen molar-refractivity contribution in [3.8, 4) is 11.6 Å². The maximum atomic E-state index is 5.76. The number of hydrogen-bond acceptors (Lipinski definition) is 4. The van der Waals surface area contributed by atoms with Crippen molar-refractivity contribution in [2.24, 2.45) is 0 Å². The maximum absolute atomic E-state index is 5.76. The highest BCUT2D eigenvalue weighted by molar-refractivity contribution is 6.30. The molecule has 0 spiro atoms. The number of hydrogen-bond donors (Lipinski definition) is 0. The van der Waals surface area contributed by atoms with Crippen molar-refractivity contribution < 1.29 is 14.2 Å². The van der Waals surface area contributed by atoms with E-state index in [1.54, 1.807) is 13.2 Å². The highest BCUT2D eigenvalue weighted by atomic mass is 35.5. The third-order valence-electron chi connectivity index (χ3n) is 1.52. The normalized spacial score (nSPS) is 9.93. The van der Waals surface area contributed by atoms with Gasteiger partial charge in [-0.3, -0.25) is 0 Å². The first kappa shape index (κ1) is 11.1. The molecule has 0 aromatic carbocycles. The minimum absolute atomic E-state index is 0.422. The number of nitrogens with zero attached hydrogens (tertiary/aromatic N) is 1. The molecular weight excluding hydrogens is 206 g/mol. The summed E-state index contributed by atoms with van der Waals surface area (Å²) in [6, 6.07) is 1.66. The van der Waals surface area contributed by atoms with Crippen LogP contribution in [0, 0.1) is 0 Å². The number of ether oxygens (including phenoxy) is 3. The lowest BCUT2D eigenvalue weighted by atomic mass is 10.4. The molecule has 5 heteroatoms. The second-order valence-corrected chi connectivity index (χ2v) is 2.94. The van der Waals surface area contributed by atoms with Crippen LogP contribution in [0.4, 0.5) is 0 Å². The smallest absolute Gasteiger partial charge is 0.256 e. The Bertz CT molecular complexity index is 293. The van der Waals surface area contributed by atoms with Crippen molar-refractivity contribution in [3.63, 3.8) is 0 Å². The number of halogens is 1. The summed E-state index contributed by atoms with van der Waals surface area (Å²) in [4.78, 5) is 3.96. The molecule has 0 aliphatic heterocycles. The van der Waals surface area contributed by atoms with Crippen LogP contribution >= 0.6 is 11.6 Å². The van der Waals surface area contributed by atoms with Crippen molar-refractivity contribution in [2.75, 3.05) is 27.4 Å². The Morgan fingerprint density at radius 3 is 2.79 bits per heavy atom. The van der Waals surface area contributed by atoms with Crippen LogP contribution < -0.4 is 9.47 Å². The Hall–Kier alpha value is -1.00. The Morgan fingerprint density at radius 1 is 1.36 bits per heavy atom. The molecule has 1 heterocycles. The predicted octanol–water partition coefficient (Wildman–Crippen LogP) is 1.77. The Morgan fingerprint density at radius 2 is 2.14 bits per heavy atom. The number of aromatic nitrogens is 1. The van der Waals surface area contributed by atoms with E-state index >= 15 is 0 Å². The monoisotopic (exact) mass is 217 g/mol. The van der Waals surface area contributed by atoms with E-state index in [1.165, 1.54) is 13.3 Å². The van der Waals surface area contributed by atoms with Crippen LogP contribution in [0.15, 0.2) is 12.3 Å². The number of pyridine rings is 1. The summed E-state index contributed by atoms with van der Waals surface area (Å²) < 4.78 is 15.2. The fraction of sp³-hybridized carbons (Fsp3) is 0.444. The van der Waals surface area contributed by atoms with E-state index in [2.05, 4.69) is 4.98 Å². The van der Waals surface area contributed by atoms with Crippen LogP contribution in [0.1, 0.15) is 0 Å². The summed E-state index contributed by atoms with van der Waals surface area (Å²) in [5.41, 5.74) is 0. The van der Waals surface area contributed by atoms with E-state index in [1.807, 2.05) is 0 Å². The Kier molecular flexibility index (Phi) is 4.49. The molecule has 1 aromatic heterocycles. The van der Waals surface area contributed by atoms with Crippen molar-refractivity contribution in [1.29, 1.82) is 0 Å². The SMILES string of the molecule is COCCOc1cc(Cl)cnc1OC. The van der Waals surface area contributed by atoms with Gasteiger partial charge in [0.2, 0.25) is 0 Å². The zero-order valence-corrected chi connectivity index (χ0v) is 8.87. The van der Waals surface area contributed by atoms with E-state index < -0.39 is 0 Å². The molecular formula is C9H12ClNO3. The molecule has 0 amide bonds. The Labute approximate surface area is 87.8 Å². The van der Waals surface area contributed by atoms with Gasteiger partial charge in [0, 0.05) is 19.4 Å². The molecule has 0 aliphatic rings. The van der Waals surface area contributed by atoms with Gasteiger partial charge in [-0.05, 0) is 0 Å². The van der Waals surface area contributed by atoms with Crippen LogP contribution in [0.3, 0.4) is 0 Å². The van der Waals surface area contributed by atoms with Crippen molar-refractivity contribution in [3.05, 3.63) is 17.3 Å². The standard InChI is InChI=1S/C9H12ClNO3/c1-12-3-4-14-8-5-7(10)6-11-9(8)13-2/h5-6H,3-4H2,1-2H3. The Balaban J connectivity index is 2.67. The first-order valence-corrected chi connectivity index (χ1v) is 4.47. The molecule has 78 valence electrons. The highest BCUT2D eigenvalue weighted by Gasteiger charge is 2.05. The average Bonchev–Trinajstić information content (AvgIpc) is 2.19. The molecule has 0 atom stereocenters. The molecule has 1 aromatic rings. The molecule has 0 saturated carbocycles. The fourth-order valence-corrected chi connectivity index (χ4v) is 1.05. The second-order valence-electron chi connectivity index (χ2n) is 2.50. The lowest BCUT2D eigenvalue weighted by Crippen LogP contribution is -2.05. The van der Waals surface area contributed by atoms with Gasteiger partial charge in [-0.15, -0.1) is 0 Å². The molecule has 1 rings (SSSR count). The van der Waals surface area contributed by atoms with Gasteiger partial charge in [-0.1, -0.05) is 11.6 Å². The summed E-state index contributed by atoms with van der Waals surface area (Å²) in [7, 11) is 3.14. The van der Waals surface area contributed by atoms with E-state index in [-0.39, 0.29) is 0 Å². The lowest BCUT2D eigenvalue weighted by Gasteiger charge is -2.08. The van der Waals surface area contributed by atoms with Gasteiger partial charge in [-0.2, -0.15) is 0 Å². The summed E-state index contributed by atoms with van der Waals surface area (Å²) in [6.07, 6.45) is 1.50. The first-order valence-electron chi connectivity index (χ1n) is 4.09. The van der Waals surface area contributed by atoms with E-state index in [0.717, 1.165) is 0 Å². The van der Waals surface area contributed by atoms with Gasteiger partial charge < -0.3 is 14.2 Å². The van der Waals surface area contributed by atoms with Crippen LogP contribution in [-0.2, 0) is 4.74 Å². The van der Waals surface area contributed by atoms with Crippen molar-refractivity contribution >= 4 is 11.6 Å². The van der Waals surface area contributed by atoms with Gasteiger partial charge >= 0.3 is 0 Å². The maximum Gasteiger partial charge on any atom is 0.256 e. The highest BCUT2D eigenvalue weighted by Crippen LogP contribution is 2.26. The lowest BCUT2D eigenvalue weighted by molar-refractivity contribution is 0.143. The zero-order chi connectivity index (χ0) is 10.4. The van der Waals surface area contributed by atoms with Gasteiger partial charge in [0.1, 0.15) is 6.61 Å². The van der Waals surface area contributed by atoms with Crippen molar-refractivity contribution in [1.82, 2.24) is 4.98 Å². The molecule has 0 bridgehead atoms. The third-order valence-corrected chi connectivity index (χ3v) is 1.73. The minimum atomic E-state index is 0.422. The average molecular weight is 218 g/mol. The molecule has 0 radical (unpaired) electrons. The van der Waals surface area contributed by atoms with E-state index in [9.17, 15) is 0 Å². The van der Waals surface area contributed by atoms with Gasteiger partial charge in [0.15, 0.2) is 5.75 Å². The summed E-state index contributed by atoms with van der Waals surface area (Å²) in [5.74, 6) is 0.947. The van der Waals surface area contributed by atoms with Crippen LogP contribution in [0.2, 0.25) is 5.02 Å².